The van der Waals surface area contributed by atoms with Gasteiger partial charge in [0.2, 0.25) is 0 Å². The molecule has 0 aromatic heterocycles. The van der Waals surface area contributed by atoms with Crippen molar-refractivity contribution in [1.82, 2.24) is 0 Å². The Bertz CT molecular complexity index is 609. The summed E-state index contributed by atoms with van der Waals surface area (Å²) >= 11 is 0. The maximum absolute atomic E-state index is 11.9. The number of carbonyl (C=O) groups excluding carboxylic acids is 1. The van der Waals surface area contributed by atoms with Gasteiger partial charge in [-0.15, -0.1) is 0 Å². The van der Waals surface area contributed by atoms with Crippen molar-refractivity contribution < 1.29 is 19.7 Å². The number of aliphatic hydroxyl groups is 1. The molecular weight excluding hydrogens is 256 g/mol. The molecule has 0 bridgehead atoms. The van der Waals surface area contributed by atoms with Gasteiger partial charge in [-0.25, -0.2) is 4.79 Å². The number of benzene rings is 2. The number of phenolic OH excluding ortho intramolecular Hbond substituents is 1. The summed E-state index contributed by atoms with van der Waals surface area (Å²) in [5, 5.41) is 19.4. The molecule has 0 atom stereocenters. The molecule has 0 fully saturated rings. The van der Waals surface area contributed by atoms with Crippen molar-refractivity contribution in [2.24, 2.45) is 0 Å². The lowest BCUT2D eigenvalue weighted by atomic mass is 9.99. The van der Waals surface area contributed by atoms with Gasteiger partial charge in [-0.2, -0.15) is 0 Å². The van der Waals surface area contributed by atoms with E-state index in [1.165, 1.54) is 12.1 Å². The fourth-order valence-electron chi connectivity index (χ4n) is 1.74. The number of esters is 1. The predicted octanol–water partition coefficient (Wildman–Crippen LogP) is 2.84. The van der Waals surface area contributed by atoms with E-state index in [9.17, 15) is 15.0 Å². The van der Waals surface area contributed by atoms with E-state index in [0.717, 1.165) is 5.56 Å². The van der Waals surface area contributed by atoms with Crippen LogP contribution in [0, 0.1) is 0 Å². The van der Waals surface area contributed by atoms with E-state index in [1.807, 2.05) is 0 Å². The summed E-state index contributed by atoms with van der Waals surface area (Å²) in [5.41, 5.74) is -0.112. The molecular formula is C16H16O4. The molecule has 2 aromatic rings. The Balaban J connectivity index is 2.15. The second kappa shape index (κ2) is 5.35. The Morgan fingerprint density at radius 2 is 1.65 bits per heavy atom. The summed E-state index contributed by atoms with van der Waals surface area (Å²) in [6.45, 7) is 3.35. The zero-order valence-electron chi connectivity index (χ0n) is 11.3. The molecule has 0 spiro atoms. The third-order valence-electron chi connectivity index (χ3n) is 2.90. The van der Waals surface area contributed by atoms with Gasteiger partial charge < -0.3 is 14.9 Å². The summed E-state index contributed by atoms with van der Waals surface area (Å²) in [6, 6.07) is 12.8. The van der Waals surface area contributed by atoms with Crippen LogP contribution < -0.4 is 4.74 Å². The van der Waals surface area contributed by atoms with Gasteiger partial charge >= 0.3 is 5.97 Å². The van der Waals surface area contributed by atoms with Crippen LogP contribution in [0.25, 0.3) is 0 Å². The van der Waals surface area contributed by atoms with Gasteiger partial charge in [0.1, 0.15) is 17.1 Å². The number of hydrogen-bond donors (Lipinski definition) is 2. The minimum absolute atomic E-state index is 0.110. The minimum atomic E-state index is -0.944. The monoisotopic (exact) mass is 272 g/mol. The molecule has 4 nitrogen and oxygen atoms in total. The third-order valence-corrected chi connectivity index (χ3v) is 2.90. The highest BCUT2D eigenvalue weighted by Crippen LogP contribution is 2.23. The van der Waals surface area contributed by atoms with E-state index in [-0.39, 0.29) is 11.3 Å². The maximum atomic E-state index is 11.9. The highest BCUT2D eigenvalue weighted by molar-refractivity contribution is 5.93. The van der Waals surface area contributed by atoms with Crippen LogP contribution in [0.4, 0.5) is 0 Å². The molecule has 2 N–H and O–H groups in total. The van der Waals surface area contributed by atoms with Crippen LogP contribution in [0.5, 0.6) is 11.5 Å². The van der Waals surface area contributed by atoms with Crippen molar-refractivity contribution >= 4 is 5.97 Å². The molecule has 0 aliphatic heterocycles. The minimum Gasteiger partial charge on any atom is -0.507 e. The maximum Gasteiger partial charge on any atom is 0.347 e. The number of carbonyl (C=O) groups is 1. The molecule has 4 heteroatoms. The molecule has 0 heterocycles. The fourth-order valence-corrected chi connectivity index (χ4v) is 1.74. The average molecular weight is 272 g/mol. The first-order valence-corrected chi connectivity index (χ1v) is 6.21. The first-order valence-electron chi connectivity index (χ1n) is 6.21. The summed E-state index contributed by atoms with van der Waals surface area (Å²) in [7, 11) is 0. The highest BCUT2D eigenvalue weighted by atomic mass is 16.5. The molecule has 104 valence electrons. The van der Waals surface area contributed by atoms with Crippen molar-refractivity contribution in [2.45, 2.75) is 19.4 Å². The summed E-state index contributed by atoms with van der Waals surface area (Å²) < 4.78 is 5.17. The molecule has 2 rings (SSSR count). The van der Waals surface area contributed by atoms with Crippen molar-refractivity contribution in [1.29, 1.82) is 0 Å². The smallest absolute Gasteiger partial charge is 0.347 e. The largest absolute Gasteiger partial charge is 0.507 e. The molecule has 0 saturated heterocycles. The van der Waals surface area contributed by atoms with Gasteiger partial charge in [0, 0.05) is 0 Å². The molecule has 0 aliphatic rings. The predicted molar refractivity (Wildman–Crippen MR) is 74.8 cm³/mol. The van der Waals surface area contributed by atoms with Crippen LogP contribution in [-0.2, 0) is 5.60 Å². The number of hydrogen-bond acceptors (Lipinski definition) is 4. The van der Waals surface area contributed by atoms with Gasteiger partial charge in [0.25, 0.3) is 0 Å². The zero-order chi connectivity index (χ0) is 14.8. The Labute approximate surface area is 117 Å². The van der Waals surface area contributed by atoms with Crippen molar-refractivity contribution in [3.8, 4) is 11.5 Å². The van der Waals surface area contributed by atoms with Gasteiger partial charge in [-0.1, -0.05) is 24.3 Å². The lowest BCUT2D eigenvalue weighted by Gasteiger charge is -2.17. The second-order valence-electron chi connectivity index (χ2n) is 4.99. The van der Waals surface area contributed by atoms with E-state index in [1.54, 1.807) is 50.2 Å². The number of para-hydroxylation sites is 1. The van der Waals surface area contributed by atoms with Crippen molar-refractivity contribution in [3.05, 3.63) is 59.7 Å². The van der Waals surface area contributed by atoms with E-state index in [4.69, 9.17) is 4.74 Å². The zero-order valence-corrected chi connectivity index (χ0v) is 11.3. The van der Waals surface area contributed by atoms with Gasteiger partial charge in [-0.05, 0) is 43.7 Å². The Morgan fingerprint density at radius 1 is 1.05 bits per heavy atom. The van der Waals surface area contributed by atoms with Gasteiger partial charge in [-0.3, -0.25) is 0 Å². The number of rotatable bonds is 3. The van der Waals surface area contributed by atoms with Crippen LogP contribution in [0.15, 0.2) is 48.5 Å². The van der Waals surface area contributed by atoms with E-state index >= 15 is 0 Å². The van der Waals surface area contributed by atoms with Crippen LogP contribution in [0.1, 0.15) is 29.8 Å². The van der Waals surface area contributed by atoms with Crippen molar-refractivity contribution in [3.63, 3.8) is 0 Å². The Kier molecular flexibility index (Phi) is 3.77. The summed E-state index contributed by atoms with van der Waals surface area (Å²) in [4.78, 5) is 11.9. The van der Waals surface area contributed by atoms with E-state index < -0.39 is 11.6 Å². The summed E-state index contributed by atoms with van der Waals surface area (Å²) in [5.74, 6) is -0.393. The molecule has 0 aliphatic carbocycles. The van der Waals surface area contributed by atoms with Crippen molar-refractivity contribution in [2.75, 3.05) is 0 Å². The topological polar surface area (TPSA) is 66.8 Å². The second-order valence-corrected chi connectivity index (χ2v) is 4.99. The van der Waals surface area contributed by atoms with Gasteiger partial charge in [0.05, 0.1) is 5.60 Å². The quantitative estimate of drug-likeness (QED) is 0.666. The molecule has 20 heavy (non-hydrogen) atoms. The van der Waals surface area contributed by atoms with E-state index in [2.05, 4.69) is 0 Å². The first-order chi connectivity index (χ1) is 9.38. The van der Waals surface area contributed by atoms with Gasteiger partial charge in [0.15, 0.2) is 0 Å². The molecule has 0 saturated carbocycles. The molecule has 0 radical (unpaired) electrons. The SMILES string of the molecule is CC(C)(O)c1ccc(OC(=O)c2ccccc2O)cc1. The van der Waals surface area contributed by atoms with Crippen LogP contribution in [0.2, 0.25) is 0 Å². The van der Waals surface area contributed by atoms with Crippen LogP contribution in [-0.4, -0.2) is 16.2 Å². The average Bonchev–Trinajstić information content (AvgIpc) is 2.38. The Morgan fingerprint density at radius 3 is 2.20 bits per heavy atom. The van der Waals surface area contributed by atoms with Crippen LogP contribution in [0.3, 0.4) is 0 Å². The number of phenols is 1. The highest BCUT2D eigenvalue weighted by Gasteiger charge is 2.16. The molecule has 0 unspecified atom stereocenters. The number of aromatic hydroxyl groups is 1. The Hall–Kier alpha value is -2.33. The standard InChI is InChI=1S/C16H16O4/c1-16(2,19)11-7-9-12(10-8-11)20-15(18)13-5-3-4-6-14(13)17/h3-10,17,19H,1-2H3. The van der Waals surface area contributed by atoms with E-state index in [0.29, 0.717) is 5.75 Å². The normalized spacial score (nSPS) is 11.2. The molecule has 2 aromatic carbocycles. The lowest BCUT2D eigenvalue weighted by molar-refractivity contribution is 0.0731. The van der Waals surface area contributed by atoms with Crippen LogP contribution >= 0.6 is 0 Å². The number of ether oxygens (including phenoxy) is 1. The summed E-state index contributed by atoms with van der Waals surface area (Å²) in [6.07, 6.45) is 0. The third kappa shape index (κ3) is 3.16. The lowest BCUT2D eigenvalue weighted by Crippen LogP contribution is -2.15. The first kappa shape index (κ1) is 14.1. The fraction of sp³-hybridized carbons (Fsp3) is 0.188. The molecule has 0 amide bonds.